The minimum absolute atomic E-state index is 0.0364. The van der Waals surface area contributed by atoms with Crippen molar-refractivity contribution in [3.63, 3.8) is 0 Å². The van der Waals surface area contributed by atoms with E-state index in [4.69, 9.17) is 5.11 Å². The van der Waals surface area contributed by atoms with Crippen molar-refractivity contribution in [3.8, 4) is 0 Å². The third kappa shape index (κ3) is 2.85. The highest BCUT2D eigenvalue weighted by Crippen LogP contribution is 2.28. The second-order valence-corrected chi connectivity index (χ2v) is 4.48. The van der Waals surface area contributed by atoms with Gasteiger partial charge >= 0.3 is 5.97 Å². The Morgan fingerprint density at radius 1 is 1.33 bits per heavy atom. The maximum Gasteiger partial charge on any atom is 0.326 e. The fraction of sp³-hybridized carbons (Fsp3) is 0.385. The number of carbonyl (C=O) groups is 2. The van der Waals surface area contributed by atoms with Crippen LogP contribution in [-0.2, 0) is 9.59 Å². The van der Waals surface area contributed by atoms with Crippen LogP contribution in [0.1, 0.15) is 30.7 Å². The van der Waals surface area contributed by atoms with Crippen LogP contribution >= 0.6 is 0 Å². The predicted octanol–water partition coefficient (Wildman–Crippen LogP) is 1.66. The molecule has 5 heteroatoms. The average molecular weight is 251 g/mol. The van der Waals surface area contributed by atoms with Crippen LogP contribution in [0.3, 0.4) is 0 Å². The van der Waals surface area contributed by atoms with Gasteiger partial charge in [-0.15, -0.1) is 0 Å². The molecular formula is C13H14FNO3. The van der Waals surface area contributed by atoms with E-state index in [0.29, 0.717) is 19.3 Å². The van der Waals surface area contributed by atoms with E-state index in [0.717, 1.165) is 5.56 Å². The number of carboxylic acid groups (broad SMARTS) is 1. The molecule has 1 saturated heterocycles. The first-order valence-electron chi connectivity index (χ1n) is 5.84. The number of hydrogen-bond acceptors (Lipinski definition) is 2. The number of amides is 1. The minimum atomic E-state index is -1.03. The largest absolute Gasteiger partial charge is 0.480 e. The normalized spacial score (nSPS) is 24.2. The zero-order valence-corrected chi connectivity index (χ0v) is 9.73. The van der Waals surface area contributed by atoms with Crippen LogP contribution in [-0.4, -0.2) is 23.0 Å². The molecule has 1 fully saturated rings. The number of aliphatic carboxylic acids is 1. The summed E-state index contributed by atoms with van der Waals surface area (Å²) in [6.45, 7) is 0. The van der Waals surface area contributed by atoms with Crippen LogP contribution in [0.25, 0.3) is 0 Å². The first kappa shape index (κ1) is 12.5. The van der Waals surface area contributed by atoms with Gasteiger partial charge in [0.05, 0.1) is 0 Å². The molecule has 0 saturated carbocycles. The van der Waals surface area contributed by atoms with Crippen LogP contribution in [0.4, 0.5) is 4.39 Å². The minimum Gasteiger partial charge on any atom is -0.480 e. The smallest absolute Gasteiger partial charge is 0.326 e. The van der Waals surface area contributed by atoms with Gasteiger partial charge in [-0.25, -0.2) is 9.18 Å². The summed E-state index contributed by atoms with van der Waals surface area (Å²) >= 11 is 0. The molecule has 0 aromatic heterocycles. The lowest BCUT2D eigenvalue weighted by atomic mass is 9.89. The maximum atomic E-state index is 12.8. The van der Waals surface area contributed by atoms with Gasteiger partial charge in [0, 0.05) is 6.42 Å². The second-order valence-electron chi connectivity index (χ2n) is 4.48. The molecule has 2 unspecified atom stereocenters. The van der Waals surface area contributed by atoms with E-state index in [1.165, 1.54) is 12.1 Å². The standard InChI is InChI=1S/C13H14FNO3/c14-10-4-1-8(2-5-10)9-3-6-12(16)15-11(7-9)13(17)18/h1-2,4-5,9,11H,3,6-7H2,(H,15,16)(H,17,18). The molecule has 2 rings (SSSR count). The van der Waals surface area contributed by atoms with Gasteiger partial charge in [-0.3, -0.25) is 4.79 Å². The Hall–Kier alpha value is -1.91. The fourth-order valence-corrected chi connectivity index (χ4v) is 2.23. The van der Waals surface area contributed by atoms with E-state index in [2.05, 4.69) is 5.32 Å². The van der Waals surface area contributed by atoms with Gasteiger partial charge in [-0.2, -0.15) is 0 Å². The molecule has 0 bridgehead atoms. The average Bonchev–Trinajstić information content (AvgIpc) is 2.52. The Kier molecular flexibility index (Phi) is 3.60. The summed E-state index contributed by atoms with van der Waals surface area (Å²) in [6.07, 6.45) is 1.22. The topological polar surface area (TPSA) is 66.4 Å². The maximum absolute atomic E-state index is 12.8. The number of nitrogens with one attached hydrogen (secondary N) is 1. The van der Waals surface area contributed by atoms with Crippen molar-refractivity contribution in [1.29, 1.82) is 0 Å². The molecule has 18 heavy (non-hydrogen) atoms. The molecule has 1 heterocycles. The van der Waals surface area contributed by atoms with Gasteiger partial charge in [0.1, 0.15) is 11.9 Å². The molecular weight excluding hydrogens is 237 g/mol. The van der Waals surface area contributed by atoms with E-state index >= 15 is 0 Å². The quantitative estimate of drug-likeness (QED) is 0.840. The van der Waals surface area contributed by atoms with Crippen LogP contribution in [0.5, 0.6) is 0 Å². The summed E-state index contributed by atoms with van der Waals surface area (Å²) in [4.78, 5) is 22.4. The highest BCUT2D eigenvalue weighted by molar-refractivity contribution is 5.84. The van der Waals surface area contributed by atoms with Gasteiger partial charge in [0.25, 0.3) is 0 Å². The van der Waals surface area contributed by atoms with Crippen molar-refractivity contribution in [2.75, 3.05) is 0 Å². The Balaban J connectivity index is 2.19. The van der Waals surface area contributed by atoms with Crippen molar-refractivity contribution in [2.24, 2.45) is 0 Å². The lowest BCUT2D eigenvalue weighted by Crippen LogP contribution is -2.39. The Morgan fingerprint density at radius 3 is 2.61 bits per heavy atom. The van der Waals surface area contributed by atoms with Gasteiger partial charge < -0.3 is 10.4 Å². The molecule has 0 aliphatic carbocycles. The van der Waals surface area contributed by atoms with E-state index in [9.17, 15) is 14.0 Å². The number of benzene rings is 1. The van der Waals surface area contributed by atoms with Crippen molar-refractivity contribution < 1.29 is 19.1 Å². The van der Waals surface area contributed by atoms with Gasteiger partial charge in [-0.05, 0) is 36.5 Å². The van der Waals surface area contributed by atoms with E-state index in [1.807, 2.05) is 0 Å². The zero-order valence-electron chi connectivity index (χ0n) is 9.73. The molecule has 96 valence electrons. The van der Waals surface area contributed by atoms with E-state index in [-0.39, 0.29) is 17.6 Å². The molecule has 0 radical (unpaired) electrons. The number of rotatable bonds is 2. The molecule has 1 amide bonds. The SMILES string of the molecule is O=C1CCC(c2ccc(F)cc2)CC(C(=O)O)N1. The van der Waals surface area contributed by atoms with Crippen molar-refractivity contribution in [3.05, 3.63) is 35.6 Å². The van der Waals surface area contributed by atoms with Gasteiger partial charge in [0.15, 0.2) is 0 Å². The second kappa shape index (κ2) is 5.16. The molecule has 2 N–H and O–H groups in total. The third-order valence-corrected chi connectivity index (χ3v) is 3.21. The summed E-state index contributed by atoms with van der Waals surface area (Å²) in [6, 6.07) is 5.13. The van der Waals surface area contributed by atoms with Crippen molar-refractivity contribution in [1.82, 2.24) is 5.32 Å². The summed E-state index contributed by atoms with van der Waals surface area (Å²) in [5.74, 6) is -1.63. The van der Waals surface area contributed by atoms with Crippen molar-refractivity contribution in [2.45, 2.75) is 31.2 Å². The molecule has 0 spiro atoms. The highest BCUT2D eigenvalue weighted by Gasteiger charge is 2.28. The summed E-state index contributed by atoms with van der Waals surface area (Å²) in [7, 11) is 0. The highest BCUT2D eigenvalue weighted by atomic mass is 19.1. The lowest BCUT2D eigenvalue weighted by Gasteiger charge is -2.17. The molecule has 1 aliphatic rings. The molecule has 1 aliphatic heterocycles. The first-order chi connectivity index (χ1) is 8.56. The Labute approximate surface area is 104 Å². The molecule has 1 aromatic rings. The molecule has 1 aromatic carbocycles. The number of carboxylic acids is 1. The molecule has 4 nitrogen and oxygen atoms in total. The molecule has 2 atom stereocenters. The summed E-state index contributed by atoms with van der Waals surface area (Å²) in [5.41, 5.74) is 0.874. The number of halogens is 1. The van der Waals surface area contributed by atoms with Crippen LogP contribution in [0.2, 0.25) is 0 Å². The fourth-order valence-electron chi connectivity index (χ4n) is 2.23. The van der Waals surface area contributed by atoms with Gasteiger partial charge in [0.2, 0.25) is 5.91 Å². The Bertz CT molecular complexity index is 458. The van der Waals surface area contributed by atoms with Crippen molar-refractivity contribution >= 4 is 11.9 Å². The first-order valence-corrected chi connectivity index (χ1v) is 5.84. The van der Waals surface area contributed by atoms with E-state index in [1.54, 1.807) is 12.1 Å². The van der Waals surface area contributed by atoms with E-state index < -0.39 is 12.0 Å². The van der Waals surface area contributed by atoms with Crippen LogP contribution in [0.15, 0.2) is 24.3 Å². The monoisotopic (exact) mass is 251 g/mol. The lowest BCUT2D eigenvalue weighted by molar-refractivity contribution is -0.141. The Morgan fingerprint density at radius 2 is 2.00 bits per heavy atom. The summed E-state index contributed by atoms with van der Waals surface area (Å²) in [5, 5.41) is 11.5. The van der Waals surface area contributed by atoms with Crippen LogP contribution < -0.4 is 5.32 Å². The van der Waals surface area contributed by atoms with Crippen LogP contribution in [0, 0.1) is 5.82 Å². The number of hydrogen-bond donors (Lipinski definition) is 2. The number of carbonyl (C=O) groups excluding carboxylic acids is 1. The summed E-state index contributed by atoms with van der Waals surface area (Å²) < 4.78 is 12.8. The predicted molar refractivity (Wildman–Crippen MR) is 62.6 cm³/mol. The zero-order chi connectivity index (χ0) is 13.1. The third-order valence-electron chi connectivity index (χ3n) is 3.21. The van der Waals surface area contributed by atoms with Gasteiger partial charge in [-0.1, -0.05) is 12.1 Å².